The average Bonchev–Trinajstić information content (AvgIpc) is 1.64. The van der Waals surface area contributed by atoms with Gasteiger partial charge in [0.25, 0.3) is 6.43 Å². The van der Waals surface area contributed by atoms with Crippen LogP contribution < -0.4 is 40.2 Å². The van der Waals surface area contributed by atoms with Crippen molar-refractivity contribution in [3.8, 4) is 45.6 Å². The molecular weight excluding hydrogens is 1680 g/mol. The fourth-order valence-electron chi connectivity index (χ4n) is 11.3. The number of anilines is 8. The second-order valence-corrected chi connectivity index (χ2v) is 35.6. The molecule has 0 unspecified atom stereocenters. The summed E-state index contributed by atoms with van der Waals surface area (Å²) in [4.78, 5) is 66.7. The highest BCUT2D eigenvalue weighted by atomic mass is 32.2. The summed E-state index contributed by atoms with van der Waals surface area (Å²) in [6.45, 7) is 22.4. The molecule has 8 heterocycles. The highest BCUT2D eigenvalue weighted by Crippen LogP contribution is 2.34. The molecule has 47 heteroatoms. The third kappa shape index (κ3) is 29.1. The molecule has 10 rings (SSSR count). The molecule has 0 radical (unpaired) electrons. The van der Waals surface area contributed by atoms with Gasteiger partial charge in [0.05, 0.1) is 99.9 Å². The van der Waals surface area contributed by atoms with Crippen LogP contribution >= 0.6 is 0 Å². The zero-order valence-corrected chi connectivity index (χ0v) is 73.9. The van der Waals surface area contributed by atoms with E-state index in [0.29, 0.717) is 110 Å². The van der Waals surface area contributed by atoms with Crippen molar-refractivity contribution in [3.63, 3.8) is 0 Å². The molecule has 0 saturated heterocycles. The molecule has 8 N–H and O–H groups in total. The monoisotopic (exact) mass is 1780 g/mol. The van der Waals surface area contributed by atoms with Crippen LogP contribution in [0.15, 0.2) is 84.9 Å². The SMILES string of the molecule is CCCC[C@@H](C)OC(=O)Nc1c(-c2ccc(NS(C)(=O)=O)c(C)n2)nnn1C.Cc1ccc(C)c([C@@H](C)OC(=O)Nc2c(-c3ccc(NS(C)(=O)=O)c(C)n3)nnn2C)c1.Cc1ccc(F)c([C@H](OC(=O)Nc2c(-c3ccc(NS(C)(=O)=O)c(C)n3)nnn2C)C(F)F)c1.Cc1nc(-c2nnn(C)c2NC(=O)OCCCC(C)C)ccc1NS(C)(=O)=O. The van der Waals surface area contributed by atoms with Crippen molar-refractivity contribution in [2.45, 2.75) is 140 Å². The summed E-state index contributed by atoms with van der Waals surface area (Å²) in [7, 11) is -7.44. The topological polar surface area (TPSA) is 512 Å². The first-order chi connectivity index (χ1) is 57.0. The van der Waals surface area contributed by atoms with E-state index in [1.54, 1.807) is 92.2 Å². The van der Waals surface area contributed by atoms with E-state index >= 15 is 0 Å². The molecule has 0 aliphatic heterocycles. The Hall–Kier alpha value is -12.5. The Kier molecular flexibility index (Phi) is 33.3. The lowest BCUT2D eigenvalue weighted by Crippen LogP contribution is -2.24. The summed E-state index contributed by atoms with van der Waals surface area (Å²) in [5.41, 5.74) is 8.78. The fraction of sp³-hybridized carbons (Fsp3) is 0.413. The summed E-state index contributed by atoms with van der Waals surface area (Å²) >= 11 is 0. The first-order valence-electron chi connectivity index (χ1n) is 37.4. The number of halogens is 3. The van der Waals surface area contributed by atoms with Gasteiger partial charge < -0.3 is 18.9 Å². The molecular formula is C75H99F3N24O16S4. The van der Waals surface area contributed by atoms with E-state index in [1.165, 1.54) is 45.4 Å². The number of ether oxygens (including phenoxy) is 4. The number of carbonyl (C=O) groups is 4. The van der Waals surface area contributed by atoms with Gasteiger partial charge in [-0.2, -0.15) is 0 Å². The van der Waals surface area contributed by atoms with Crippen LogP contribution in [0.5, 0.6) is 0 Å². The maximum absolute atomic E-state index is 14.1. The van der Waals surface area contributed by atoms with Crippen LogP contribution in [-0.2, 0) is 87.2 Å². The Labute approximate surface area is 704 Å². The van der Waals surface area contributed by atoms with E-state index in [0.717, 1.165) is 84.6 Å². The molecule has 0 bridgehead atoms. The highest BCUT2D eigenvalue weighted by Gasteiger charge is 2.32. The normalized spacial score (nSPS) is 12.2. The van der Waals surface area contributed by atoms with Crippen molar-refractivity contribution in [1.82, 2.24) is 79.9 Å². The number of alkyl halides is 2. The minimum Gasteiger partial charge on any atom is -0.449 e. The van der Waals surface area contributed by atoms with Crippen molar-refractivity contribution in [2.24, 2.45) is 34.1 Å². The Balaban J connectivity index is 0.000000225. The van der Waals surface area contributed by atoms with Crippen molar-refractivity contribution in [1.29, 1.82) is 0 Å². The minimum atomic E-state index is -3.53. The molecule has 4 amide bonds. The number of aryl methyl sites for hydroxylation is 11. The van der Waals surface area contributed by atoms with Crippen LogP contribution in [0.25, 0.3) is 45.6 Å². The second kappa shape index (κ2) is 42.1. The van der Waals surface area contributed by atoms with Crippen molar-refractivity contribution >= 4 is 110 Å². The van der Waals surface area contributed by atoms with Gasteiger partial charge in [0.15, 0.2) is 52.2 Å². The van der Waals surface area contributed by atoms with Crippen LogP contribution in [0.1, 0.15) is 130 Å². The highest BCUT2D eigenvalue weighted by molar-refractivity contribution is 7.92. The predicted molar refractivity (Wildman–Crippen MR) is 452 cm³/mol. The van der Waals surface area contributed by atoms with Crippen LogP contribution in [-0.4, -0.2) is 182 Å². The molecule has 3 atom stereocenters. The van der Waals surface area contributed by atoms with Gasteiger partial charge in [-0.1, -0.05) is 89.9 Å². The van der Waals surface area contributed by atoms with E-state index in [4.69, 9.17) is 18.9 Å². The van der Waals surface area contributed by atoms with Gasteiger partial charge >= 0.3 is 24.4 Å². The smallest absolute Gasteiger partial charge is 0.413 e. The van der Waals surface area contributed by atoms with Gasteiger partial charge in [-0.3, -0.25) is 40.2 Å². The van der Waals surface area contributed by atoms with E-state index in [-0.39, 0.29) is 29.0 Å². The molecule has 660 valence electrons. The molecule has 2 aromatic carbocycles. The van der Waals surface area contributed by atoms with Crippen LogP contribution in [0, 0.1) is 60.2 Å². The van der Waals surface area contributed by atoms with Gasteiger partial charge in [-0.25, -0.2) is 105 Å². The lowest BCUT2D eigenvalue weighted by molar-refractivity contribution is -0.0160. The fourth-order valence-corrected chi connectivity index (χ4v) is 13.7. The summed E-state index contributed by atoms with van der Waals surface area (Å²) < 4.78 is 169. The maximum atomic E-state index is 14.1. The third-order valence-corrected chi connectivity index (χ3v) is 19.6. The number of sulfonamides is 4. The van der Waals surface area contributed by atoms with Gasteiger partial charge in [0.2, 0.25) is 40.1 Å². The van der Waals surface area contributed by atoms with Crippen molar-refractivity contribution in [3.05, 3.63) is 141 Å². The first kappa shape index (κ1) is 96.6. The number of nitrogens with one attached hydrogen (secondary N) is 8. The summed E-state index contributed by atoms with van der Waals surface area (Å²) in [5.74, 6) is 0.563. The average molecular weight is 1780 g/mol. The number of aromatic nitrogens is 16. The number of hydrogen-bond donors (Lipinski definition) is 8. The zero-order valence-electron chi connectivity index (χ0n) is 70.7. The number of amides is 4. The largest absolute Gasteiger partial charge is 0.449 e. The maximum Gasteiger partial charge on any atom is 0.413 e. The number of nitrogens with zero attached hydrogens (tertiary/aromatic N) is 16. The van der Waals surface area contributed by atoms with E-state index in [1.807, 2.05) is 45.9 Å². The van der Waals surface area contributed by atoms with Crippen LogP contribution in [0.2, 0.25) is 0 Å². The van der Waals surface area contributed by atoms with Crippen molar-refractivity contribution in [2.75, 3.05) is 71.8 Å². The molecule has 0 fully saturated rings. The third-order valence-electron chi connectivity index (χ3n) is 17.2. The Morgan fingerprint density at radius 3 is 1.08 bits per heavy atom. The zero-order chi connectivity index (χ0) is 90.6. The molecule has 0 aliphatic carbocycles. The molecule has 122 heavy (non-hydrogen) atoms. The number of carbonyl (C=O) groups excluding carboxylic acids is 4. The van der Waals surface area contributed by atoms with Crippen molar-refractivity contribution < 1.29 is 85.0 Å². The molecule has 8 aromatic heterocycles. The molecule has 10 aromatic rings. The summed E-state index contributed by atoms with van der Waals surface area (Å²) in [6.07, 6.45) is -0.380. The van der Waals surface area contributed by atoms with Gasteiger partial charge in [-0.15, -0.1) is 20.4 Å². The van der Waals surface area contributed by atoms with Gasteiger partial charge in [0, 0.05) is 33.8 Å². The quantitative estimate of drug-likeness (QED) is 0.0159. The van der Waals surface area contributed by atoms with Crippen LogP contribution in [0.4, 0.5) is 78.4 Å². The standard InChI is InChI=1S/C21H26N6O4S.C20H21F3N6O4S.2C17H26N6O4S/c1-12-7-8-13(2)16(11-12)15(4)31-21(28)23-20-19(24-26-27(20)5)18-10-9-17(14(3)22-18)25-32(6,29)30;1-10-5-6-13(21)12(9-10)17(18(22)23)33-20(30)25-19-16(26-28-29(19)3)15-8-7-14(11(2)24-15)27-34(4,31)32;1-11(2)7-6-10-27-17(24)19-16-15(20-22-23(16)4)14-9-8-13(12(3)18-14)21-28(5,25)26;1-6-7-8-11(2)27-17(24)19-16-15(20-22-23(16)4)14-10-9-13(12(3)18-14)21-28(5,25)26/h7-11,15,25H,1-6H3,(H,23,28);5-9,17-18,27H,1-4H3,(H,25,30);8-9,11,21H,6-7,10H2,1-5H3,(H,19,24);9-11,21H,6-8H2,1-5H3,(H,19,24)/t15-;17-;;11-/m10.1/s1. The summed E-state index contributed by atoms with van der Waals surface area (Å²) in [6, 6.07) is 22.0. The second-order valence-electron chi connectivity index (χ2n) is 28.6. The number of pyridine rings is 4. The Bertz CT molecular complexity index is 5890. The number of rotatable bonds is 29. The lowest BCUT2D eigenvalue weighted by atomic mass is 10.0. The first-order valence-corrected chi connectivity index (χ1v) is 44.9. The van der Waals surface area contributed by atoms with E-state index < -0.39 is 94.5 Å². The Morgan fingerprint density at radius 1 is 0.426 bits per heavy atom. The summed E-state index contributed by atoms with van der Waals surface area (Å²) in [5, 5.41) is 42.0. The number of unbranched alkanes of at least 4 members (excludes halogenated alkanes) is 1. The van der Waals surface area contributed by atoms with Gasteiger partial charge in [-0.05, 0) is 159 Å². The number of hydrogen-bond acceptors (Lipinski definition) is 28. The Morgan fingerprint density at radius 2 is 0.754 bits per heavy atom. The van der Waals surface area contributed by atoms with E-state index in [9.17, 15) is 66.0 Å². The van der Waals surface area contributed by atoms with E-state index in [2.05, 4.69) is 122 Å². The van der Waals surface area contributed by atoms with Crippen LogP contribution in [0.3, 0.4) is 0 Å². The minimum absolute atomic E-state index is 0.0292. The lowest BCUT2D eigenvalue weighted by Gasteiger charge is -2.19. The number of benzene rings is 2. The molecule has 0 saturated carbocycles. The van der Waals surface area contributed by atoms with Gasteiger partial charge in [0.1, 0.15) is 18.0 Å². The molecule has 0 spiro atoms. The molecule has 0 aliphatic rings. The molecule has 40 nitrogen and oxygen atoms in total. The predicted octanol–water partition coefficient (Wildman–Crippen LogP) is 12.3.